The van der Waals surface area contributed by atoms with Gasteiger partial charge in [0, 0.05) is 18.5 Å². The fourth-order valence-corrected chi connectivity index (χ4v) is 3.92. The van der Waals surface area contributed by atoms with Crippen molar-refractivity contribution in [2.45, 2.75) is 32.7 Å². The Hall–Kier alpha value is -3.40. The minimum Gasteiger partial charge on any atom is -0.352 e. The Morgan fingerprint density at radius 1 is 1.00 bits per heavy atom. The monoisotopic (exact) mass is 397 g/mol. The second-order valence-corrected chi connectivity index (χ2v) is 7.70. The van der Waals surface area contributed by atoms with Gasteiger partial charge in [0.25, 0.3) is 5.91 Å². The van der Waals surface area contributed by atoms with Crippen LogP contribution >= 0.6 is 0 Å². The number of nitrogens with one attached hydrogen (secondary N) is 1. The number of imidazole rings is 1. The van der Waals surface area contributed by atoms with Crippen LogP contribution in [0, 0.1) is 6.92 Å². The van der Waals surface area contributed by atoms with Gasteiger partial charge in [0.1, 0.15) is 5.82 Å². The quantitative estimate of drug-likeness (QED) is 0.429. The van der Waals surface area contributed by atoms with Gasteiger partial charge in [-0.15, -0.1) is 0 Å². The summed E-state index contributed by atoms with van der Waals surface area (Å²) in [5.41, 5.74) is 5.22. The van der Waals surface area contributed by atoms with Crippen LogP contribution in [-0.2, 0) is 6.42 Å². The molecule has 0 radical (unpaired) electrons. The molecule has 0 saturated heterocycles. The summed E-state index contributed by atoms with van der Waals surface area (Å²) >= 11 is 0. The molecule has 4 heteroatoms. The molecule has 1 atom stereocenters. The lowest BCUT2D eigenvalue weighted by atomic mass is 10.1. The number of aryl methyl sites for hydroxylation is 2. The minimum atomic E-state index is -0.0233. The molecule has 0 aliphatic heterocycles. The second-order valence-electron chi connectivity index (χ2n) is 7.70. The van der Waals surface area contributed by atoms with E-state index < -0.39 is 0 Å². The van der Waals surface area contributed by atoms with Gasteiger partial charge in [0.05, 0.1) is 17.1 Å². The van der Waals surface area contributed by atoms with Gasteiger partial charge in [-0.3, -0.25) is 4.79 Å². The molecule has 0 aliphatic rings. The van der Waals surface area contributed by atoms with Gasteiger partial charge < -0.3 is 9.88 Å². The first-order valence-electron chi connectivity index (χ1n) is 10.5. The smallest absolute Gasteiger partial charge is 0.251 e. The predicted octanol–water partition coefficient (Wildman–Crippen LogP) is 5.32. The van der Waals surface area contributed by atoms with Gasteiger partial charge >= 0.3 is 0 Å². The van der Waals surface area contributed by atoms with Crippen molar-refractivity contribution in [3.8, 4) is 0 Å². The van der Waals surface area contributed by atoms with E-state index in [1.54, 1.807) is 0 Å². The molecule has 1 aromatic heterocycles. The van der Waals surface area contributed by atoms with Crippen LogP contribution in [0.4, 0.5) is 0 Å². The number of rotatable bonds is 7. The van der Waals surface area contributed by atoms with Crippen LogP contribution in [0.3, 0.4) is 0 Å². The number of amides is 1. The van der Waals surface area contributed by atoms with E-state index in [1.807, 2.05) is 43.3 Å². The third-order valence-electron chi connectivity index (χ3n) is 5.48. The number of aromatic nitrogens is 2. The molecule has 0 saturated carbocycles. The lowest BCUT2D eigenvalue weighted by molar-refractivity contribution is 0.0953. The topological polar surface area (TPSA) is 46.9 Å². The molecule has 1 heterocycles. The maximum atomic E-state index is 12.4. The van der Waals surface area contributed by atoms with Crippen molar-refractivity contribution in [2.24, 2.45) is 0 Å². The van der Waals surface area contributed by atoms with Crippen LogP contribution in [0.25, 0.3) is 11.0 Å². The number of fused-ring (bicyclic) bond motifs is 1. The van der Waals surface area contributed by atoms with Crippen LogP contribution in [0.2, 0.25) is 0 Å². The summed E-state index contributed by atoms with van der Waals surface area (Å²) in [6, 6.07) is 26.6. The molecule has 152 valence electrons. The molecule has 4 rings (SSSR count). The number of carbonyl (C=O) groups is 1. The van der Waals surface area contributed by atoms with E-state index in [1.165, 1.54) is 5.56 Å². The van der Waals surface area contributed by atoms with Gasteiger partial charge in [0.2, 0.25) is 0 Å². The lowest BCUT2D eigenvalue weighted by Crippen LogP contribution is -2.25. The van der Waals surface area contributed by atoms with E-state index in [4.69, 9.17) is 4.98 Å². The molecule has 30 heavy (non-hydrogen) atoms. The maximum absolute atomic E-state index is 12.4. The number of para-hydroxylation sites is 2. The SMILES string of the molecule is Cc1cccc(C(=O)NCCCc2nc3ccccc3n2C(C)c2ccccc2)c1. The zero-order valence-corrected chi connectivity index (χ0v) is 17.5. The van der Waals surface area contributed by atoms with E-state index in [-0.39, 0.29) is 11.9 Å². The Balaban J connectivity index is 1.48. The minimum absolute atomic E-state index is 0.0233. The summed E-state index contributed by atoms with van der Waals surface area (Å²) < 4.78 is 2.33. The standard InChI is InChI=1S/C26H27N3O/c1-19-10-8-13-22(18-19)26(30)27-17-9-16-25-28-23-14-6-7-15-24(23)29(25)20(2)21-11-4-3-5-12-21/h3-8,10-15,18,20H,9,16-17H2,1-2H3,(H,27,30). The Labute approximate surface area is 177 Å². The van der Waals surface area contributed by atoms with Crippen LogP contribution in [-0.4, -0.2) is 22.0 Å². The van der Waals surface area contributed by atoms with Gasteiger partial charge in [-0.1, -0.05) is 60.2 Å². The summed E-state index contributed by atoms with van der Waals surface area (Å²) in [6.45, 7) is 4.83. The van der Waals surface area contributed by atoms with Crippen molar-refractivity contribution in [2.75, 3.05) is 6.54 Å². The zero-order valence-electron chi connectivity index (χ0n) is 17.5. The third-order valence-corrected chi connectivity index (χ3v) is 5.48. The molecule has 3 aromatic carbocycles. The third kappa shape index (κ3) is 4.28. The summed E-state index contributed by atoms with van der Waals surface area (Å²) in [5.74, 6) is 1.03. The van der Waals surface area contributed by atoms with Crippen molar-refractivity contribution in [1.29, 1.82) is 0 Å². The molecule has 0 spiro atoms. The molecule has 1 amide bonds. The summed E-state index contributed by atoms with van der Waals surface area (Å²) in [7, 11) is 0. The summed E-state index contributed by atoms with van der Waals surface area (Å²) in [6.07, 6.45) is 1.64. The normalized spacial score (nSPS) is 12.1. The highest BCUT2D eigenvalue weighted by molar-refractivity contribution is 5.94. The second kappa shape index (κ2) is 8.95. The summed E-state index contributed by atoms with van der Waals surface area (Å²) in [5, 5.41) is 3.03. The van der Waals surface area contributed by atoms with E-state index >= 15 is 0 Å². The van der Waals surface area contributed by atoms with Crippen LogP contribution in [0.5, 0.6) is 0 Å². The van der Waals surface area contributed by atoms with Crippen LogP contribution in [0.1, 0.15) is 46.7 Å². The first-order chi connectivity index (χ1) is 14.6. The largest absolute Gasteiger partial charge is 0.352 e. The lowest BCUT2D eigenvalue weighted by Gasteiger charge is -2.18. The predicted molar refractivity (Wildman–Crippen MR) is 122 cm³/mol. The number of carbonyl (C=O) groups excluding carboxylic acids is 1. The molecule has 1 N–H and O–H groups in total. The van der Waals surface area contributed by atoms with Crippen LogP contribution < -0.4 is 5.32 Å². The number of nitrogens with zero attached hydrogens (tertiary/aromatic N) is 2. The van der Waals surface area contributed by atoms with E-state index in [0.29, 0.717) is 12.1 Å². The van der Waals surface area contributed by atoms with Crippen molar-refractivity contribution in [1.82, 2.24) is 14.9 Å². The highest BCUT2D eigenvalue weighted by Crippen LogP contribution is 2.26. The van der Waals surface area contributed by atoms with Crippen molar-refractivity contribution < 1.29 is 4.79 Å². The average molecular weight is 398 g/mol. The Morgan fingerprint density at radius 2 is 1.77 bits per heavy atom. The van der Waals surface area contributed by atoms with Crippen molar-refractivity contribution in [3.05, 3.63) is 101 Å². The molecule has 0 bridgehead atoms. The Kier molecular flexibility index (Phi) is 5.94. The number of benzene rings is 3. The summed E-state index contributed by atoms with van der Waals surface area (Å²) in [4.78, 5) is 17.3. The van der Waals surface area contributed by atoms with Crippen molar-refractivity contribution in [3.63, 3.8) is 0 Å². The highest BCUT2D eigenvalue weighted by Gasteiger charge is 2.17. The molecule has 4 nitrogen and oxygen atoms in total. The molecule has 0 fully saturated rings. The van der Waals surface area contributed by atoms with Crippen LogP contribution in [0.15, 0.2) is 78.9 Å². The average Bonchev–Trinajstić information content (AvgIpc) is 3.15. The number of hydrogen-bond donors (Lipinski definition) is 1. The molecule has 1 unspecified atom stereocenters. The van der Waals surface area contributed by atoms with E-state index in [0.717, 1.165) is 35.3 Å². The van der Waals surface area contributed by atoms with Crippen molar-refractivity contribution >= 4 is 16.9 Å². The first kappa shape index (κ1) is 19.9. The molecular formula is C26H27N3O. The zero-order chi connectivity index (χ0) is 20.9. The van der Waals surface area contributed by atoms with Gasteiger partial charge in [-0.05, 0) is 50.1 Å². The van der Waals surface area contributed by atoms with Gasteiger partial charge in [-0.25, -0.2) is 4.98 Å². The fourth-order valence-electron chi connectivity index (χ4n) is 3.92. The van der Waals surface area contributed by atoms with Gasteiger partial charge in [-0.2, -0.15) is 0 Å². The first-order valence-corrected chi connectivity index (χ1v) is 10.5. The highest BCUT2D eigenvalue weighted by atomic mass is 16.1. The maximum Gasteiger partial charge on any atom is 0.251 e. The Bertz CT molecular complexity index is 1150. The molecule has 0 aliphatic carbocycles. The molecule has 4 aromatic rings. The number of hydrogen-bond acceptors (Lipinski definition) is 2. The van der Waals surface area contributed by atoms with Gasteiger partial charge in [0.15, 0.2) is 0 Å². The van der Waals surface area contributed by atoms with E-state index in [2.05, 4.69) is 59.3 Å². The van der Waals surface area contributed by atoms with E-state index in [9.17, 15) is 4.79 Å². The fraction of sp³-hybridized carbons (Fsp3) is 0.231. The molecular weight excluding hydrogens is 370 g/mol. The Morgan fingerprint density at radius 3 is 2.57 bits per heavy atom.